The van der Waals surface area contributed by atoms with E-state index in [1.807, 2.05) is 20.8 Å². The number of aromatic hydroxyl groups is 1. The quantitative estimate of drug-likeness (QED) is 0.267. The van der Waals surface area contributed by atoms with Gasteiger partial charge in [-0.15, -0.1) is 0 Å². The van der Waals surface area contributed by atoms with Gasteiger partial charge < -0.3 is 14.6 Å². The highest BCUT2D eigenvalue weighted by molar-refractivity contribution is 5.58. The van der Waals surface area contributed by atoms with Gasteiger partial charge in [-0.3, -0.25) is 0 Å². The number of hydrogen-bond acceptors (Lipinski definition) is 3. The maximum Gasteiger partial charge on any atom is 0.127 e. The number of hydrogen-bond donors (Lipinski definition) is 1. The first-order chi connectivity index (χ1) is 16.4. The summed E-state index contributed by atoms with van der Waals surface area (Å²) in [6.07, 6.45) is 13.9. The number of rotatable bonds is 15. The molecule has 0 amide bonds. The van der Waals surface area contributed by atoms with Gasteiger partial charge in [0.15, 0.2) is 0 Å². The fraction of sp³-hybridized carbons (Fsp3) is 0.812. The molecule has 3 atom stereocenters. The molecule has 0 aromatic heterocycles. The van der Waals surface area contributed by atoms with Crippen molar-refractivity contribution in [2.75, 3.05) is 0 Å². The molecular formula is C32H56O3. The van der Waals surface area contributed by atoms with E-state index < -0.39 is 0 Å². The molecule has 1 aliphatic heterocycles. The molecule has 0 bridgehead atoms. The Hall–Kier alpha value is -1.22. The van der Waals surface area contributed by atoms with Crippen LogP contribution in [-0.4, -0.2) is 16.8 Å². The fourth-order valence-corrected chi connectivity index (χ4v) is 5.55. The van der Waals surface area contributed by atoms with E-state index in [4.69, 9.17) is 9.47 Å². The summed E-state index contributed by atoms with van der Waals surface area (Å²) < 4.78 is 12.6. The lowest BCUT2D eigenvalue weighted by molar-refractivity contribution is 0.0456. The summed E-state index contributed by atoms with van der Waals surface area (Å²) in [5.74, 6) is 3.88. The molecule has 0 spiro atoms. The summed E-state index contributed by atoms with van der Waals surface area (Å²) in [6, 6.07) is 0. The third-order valence-electron chi connectivity index (χ3n) is 8.27. The minimum atomic E-state index is -0.123. The van der Waals surface area contributed by atoms with Crippen LogP contribution in [0.3, 0.4) is 0 Å². The Labute approximate surface area is 217 Å². The second kappa shape index (κ2) is 13.9. The van der Waals surface area contributed by atoms with Crippen molar-refractivity contribution in [3.8, 4) is 11.5 Å². The van der Waals surface area contributed by atoms with Crippen LogP contribution in [0.15, 0.2) is 0 Å². The zero-order valence-corrected chi connectivity index (χ0v) is 24.6. The fourth-order valence-electron chi connectivity index (χ4n) is 5.55. The number of fused-ring (bicyclic) bond motifs is 1. The average Bonchev–Trinajstić information content (AvgIpc) is 2.77. The topological polar surface area (TPSA) is 38.7 Å². The molecule has 2 rings (SSSR count). The van der Waals surface area contributed by atoms with E-state index in [0.717, 1.165) is 65.0 Å². The van der Waals surface area contributed by atoms with Crippen molar-refractivity contribution in [2.24, 2.45) is 17.8 Å². The van der Waals surface area contributed by atoms with Crippen molar-refractivity contribution in [2.45, 2.75) is 151 Å². The van der Waals surface area contributed by atoms with Crippen molar-refractivity contribution in [1.29, 1.82) is 0 Å². The predicted octanol–water partition coefficient (Wildman–Crippen LogP) is 9.46. The molecule has 0 radical (unpaired) electrons. The number of ether oxygens (including phenoxy) is 2. The minimum absolute atomic E-state index is 0.123. The van der Waals surface area contributed by atoms with Gasteiger partial charge in [-0.05, 0) is 89.2 Å². The second-order valence-electron chi connectivity index (χ2n) is 12.7. The highest BCUT2D eigenvalue weighted by atomic mass is 16.5. The van der Waals surface area contributed by atoms with Gasteiger partial charge in [0, 0.05) is 11.1 Å². The summed E-state index contributed by atoms with van der Waals surface area (Å²) in [6.45, 7) is 20.4. The first kappa shape index (κ1) is 30.0. The summed E-state index contributed by atoms with van der Waals surface area (Å²) in [4.78, 5) is 0. The molecular weight excluding hydrogens is 432 g/mol. The molecule has 0 fully saturated rings. The van der Waals surface area contributed by atoms with Gasteiger partial charge in [0.1, 0.15) is 17.1 Å². The van der Waals surface area contributed by atoms with E-state index in [2.05, 4.69) is 41.5 Å². The Morgan fingerprint density at radius 3 is 2.00 bits per heavy atom. The van der Waals surface area contributed by atoms with Crippen LogP contribution in [0.5, 0.6) is 11.5 Å². The lowest BCUT2D eigenvalue weighted by Gasteiger charge is -2.38. The smallest absolute Gasteiger partial charge is 0.127 e. The van der Waals surface area contributed by atoms with Crippen LogP contribution in [0, 0.1) is 31.6 Å². The van der Waals surface area contributed by atoms with Crippen LogP contribution in [0.25, 0.3) is 0 Å². The zero-order valence-electron chi connectivity index (χ0n) is 24.6. The van der Waals surface area contributed by atoms with E-state index in [1.54, 1.807) is 0 Å². The zero-order chi connectivity index (χ0) is 26.2. The molecule has 0 unspecified atom stereocenters. The second-order valence-corrected chi connectivity index (χ2v) is 12.7. The monoisotopic (exact) mass is 488 g/mol. The molecule has 0 saturated heterocycles. The van der Waals surface area contributed by atoms with Crippen molar-refractivity contribution >= 4 is 0 Å². The molecule has 35 heavy (non-hydrogen) atoms. The van der Waals surface area contributed by atoms with Gasteiger partial charge in [-0.25, -0.2) is 0 Å². The molecule has 1 aliphatic rings. The van der Waals surface area contributed by atoms with E-state index in [0.29, 0.717) is 12.4 Å². The summed E-state index contributed by atoms with van der Waals surface area (Å²) in [7, 11) is 0. The molecule has 1 N–H and O–H groups in total. The molecule has 0 saturated carbocycles. The third-order valence-corrected chi connectivity index (χ3v) is 8.27. The van der Waals surface area contributed by atoms with Crippen LogP contribution < -0.4 is 4.74 Å². The molecule has 3 heteroatoms. The molecule has 1 heterocycles. The maximum absolute atomic E-state index is 10.8. The Kier molecular flexibility index (Phi) is 11.9. The van der Waals surface area contributed by atoms with Crippen LogP contribution in [-0.2, 0) is 17.8 Å². The molecule has 1 aromatic rings. The average molecular weight is 489 g/mol. The molecule has 3 nitrogen and oxygen atoms in total. The number of benzene rings is 1. The molecule has 0 aliphatic carbocycles. The number of phenols is 1. The van der Waals surface area contributed by atoms with Crippen LogP contribution >= 0.6 is 0 Å². The van der Waals surface area contributed by atoms with Crippen LogP contribution in [0.1, 0.15) is 135 Å². The first-order valence-electron chi connectivity index (χ1n) is 14.6. The third kappa shape index (κ3) is 9.30. The highest BCUT2D eigenvalue weighted by Crippen LogP contribution is 2.45. The molecule has 202 valence electrons. The minimum Gasteiger partial charge on any atom is -0.507 e. The van der Waals surface area contributed by atoms with E-state index in [-0.39, 0.29) is 11.7 Å². The van der Waals surface area contributed by atoms with Crippen molar-refractivity contribution in [1.82, 2.24) is 0 Å². The molecule has 1 aromatic carbocycles. The lowest BCUT2D eigenvalue weighted by atomic mass is 9.83. The van der Waals surface area contributed by atoms with E-state index in [9.17, 15) is 5.11 Å². The maximum atomic E-state index is 10.8. The summed E-state index contributed by atoms with van der Waals surface area (Å²) in [5.41, 5.74) is 3.95. The van der Waals surface area contributed by atoms with Crippen LogP contribution in [0.2, 0.25) is 0 Å². The normalized spacial score (nSPS) is 19.6. The Morgan fingerprint density at radius 1 is 0.857 bits per heavy atom. The number of phenolic OH excluding ortho intramolecular Hbond substituents is 1. The standard InChI is InChI=1S/C32H56O3/c1-22(2)13-10-14-24(5)15-11-16-25(6)17-12-19-32(9)20-18-28-29(21-34-23(3)4)30(33)26(7)27(8)31(28)35-32/h22-25,33H,10-21H2,1-9H3/t24-,25-,32-/m1/s1. The van der Waals surface area contributed by atoms with Crippen molar-refractivity contribution < 1.29 is 14.6 Å². The van der Waals surface area contributed by atoms with Gasteiger partial charge in [-0.1, -0.05) is 72.6 Å². The lowest BCUT2D eigenvalue weighted by Crippen LogP contribution is -2.37. The van der Waals surface area contributed by atoms with Gasteiger partial charge in [0.25, 0.3) is 0 Å². The van der Waals surface area contributed by atoms with Gasteiger partial charge in [0.05, 0.1) is 12.7 Å². The Bertz CT molecular complexity index is 782. The van der Waals surface area contributed by atoms with Crippen molar-refractivity contribution in [3.63, 3.8) is 0 Å². The highest BCUT2D eigenvalue weighted by Gasteiger charge is 2.35. The van der Waals surface area contributed by atoms with E-state index in [1.165, 1.54) is 51.4 Å². The predicted molar refractivity (Wildman–Crippen MR) is 150 cm³/mol. The SMILES string of the molecule is Cc1c(C)c2c(c(COC(C)C)c1O)CC[C@@](C)(CCC[C@H](C)CCC[C@H](C)CCCC(C)C)O2. The Balaban J connectivity index is 1.84. The van der Waals surface area contributed by atoms with Crippen LogP contribution in [0.4, 0.5) is 0 Å². The van der Waals surface area contributed by atoms with Gasteiger partial charge in [0.2, 0.25) is 0 Å². The summed E-state index contributed by atoms with van der Waals surface area (Å²) in [5, 5.41) is 10.8. The largest absolute Gasteiger partial charge is 0.507 e. The van der Waals surface area contributed by atoms with E-state index >= 15 is 0 Å². The first-order valence-corrected chi connectivity index (χ1v) is 14.6. The van der Waals surface area contributed by atoms with Crippen molar-refractivity contribution in [3.05, 3.63) is 22.3 Å². The van der Waals surface area contributed by atoms with Gasteiger partial charge in [-0.2, -0.15) is 0 Å². The Morgan fingerprint density at radius 2 is 1.43 bits per heavy atom. The summed E-state index contributed by atoms with van der Waals surface area (Å²) >= 11 is 0. The van der Waals surface area contributed by atoms with Gasteiger partial charge >= 0.3 is 0 Å².